The van der Waals surface area contributed by atoms with Crippen molar-refractivity contribution in [3.8, 4) is 5.75 Å². The summed E-state index contributed by atoms with van der Waals surface area (Å²) in [6.07, 6.45) is 0. The van der Waals surface area contributed by atoms with Gasteiger partial charge in [-0.05, 0) is 40.2 Å². The molecule has 6 heteroatoms. The fourth-order valence-electron chi connectivity index (χ4n) is 1.69. The number of rotatable bonds is 3. The van der Waals surface area contributed by atoms with Crippen molar-refractivity contribution >= 4 is 37.6 Å². The Balaban J connectivity index is 2.58. The van der Waals surface area contributed by atoms with E-state index in [1.807, 2.05) is 0 Å². The molecule has 0 heterocycles. The monoisotopic (exact) mass is 404 g/mol. The molecule has 0 radical (unpaired) electrons. The van der Waals surface area contributed by atoms with E-state index in [4.69, 9.17) is 4.74 Å². The van der Waals surface area contributed by atoms with Crippen LogP contribution in [0.15, 0.2) is 39.3 Å². The van der Waals surface area contributed by atoms with Crippen LogP contribution in [0.1, 0.15) is 15.9 Å². The van der Waals surface area contributed by atoms with Gasteiger partial charge in [-0.15, -0.1) is 0 Å². The third kappa shape index (κ3) is 2.91. The van der Waals surface area contributed by atoms with E-state index in [9.17, 15) is 13.6 Å². The van der Waals surface area contributed by atoms with E-state index in [1.54, 1.807) is 0 Å². The van der Waals surface area contributed by atoms with Crippen molar-refractivity contribution in [2.45, 2.75) is 0 Å². The SMILES string of the molecule is COc1cc(F)c(Br)cc1C(=O)c1cc(Br)ccc1F. The van der Waals surface area contributed by atoms with Gasteiger partial charge in [-0.2, -0.15) is 0 Å². The second-order valence-corrected chi connectivity index (χ2v) is 5.69. The number of ketones is 1. The molecule has 2 nitrogen and oxygen atoms in total. The Labute approximate surface area is 131 Å². The Kier molecular flexibility index (Phi) is 4.55. The highest BCUT2D eigenvalue weighted by molar-refractivity contribution is 9.10. The summed E-state index contributed by atoms with van der Waals surface area (Å²) in [6.45, 7) is 0. The first-order chi connectivity index (χ1) is 9.43. The van der Waals surface area contributed by atoms with Gasteiger partial charge in [0, 0.05) is 10.5 Å². The normalized spacial score (nSPS) is 10.4. The van der Waals surface area contributed by atoms with Gasteiger partial charge < -0.3 is 4.74 Å². The quantitative estimate of drug-likeness (QED) is 0.690. The molecule has 104 valence electrons. The number of benzene rings is 2. The van der Waals surface area contributed by atoms with Crippen LogP contribution in [0.5, 0.6) is 5.75 Å². The van der Waals surface area contributed by atoms with Crippen LogP contribution in [0.3, 0.4) is 0 Å². The molecule has 20 heavy (non-hydrogen) atoms. The summed E-state index contributed by atoms with van der Waals surface area (Å²) in [6, 6.07) is 6.39. The molecule has 0 aliphatic heterocycles. The lowest BCUT2D eigenvalue weighted by molar-refractivity contribution is 0.103. The van der Waals surface area contributed by atoms with Crippen molar-refractivity contribution < 1.29 is 18.3 Å². The predicted molar refractivity (Wildman–Crippen MR) is 78.2 cm³/mol. The Morgan fingerprint density at radius 1 is 1.05 bits per heavy atom. The van der Waals surface area contributed by atoms with E-state index in [-0.39, 0.29) is 21.3 Å². The highest BCUT2D eigenvalue weighted by atomic mass is 79.9. The van der Waals surface area contributed by atoms with E-state index in [0.717, 1.165) is 6.07 Å². The van der Waals surface area contributed by atoms with Crippen LogP contribution in [0.4, 0.5) is 8.78 Å². The number of methoxy groups -OCH3 is 1. The minimum absolute atomic E-state index is 0.0510. The molecule has 0 amide bonds. The smallest absolute Gasteiger partial charge is 0.199 e. The second-order valence-electron chi connectivity index (χ2n) is 3.92. The molecule has 0 saturated carbocycles. The standard InChI is InChI=1S/C14H8Br2F2O2/c1-20-13-6-12(18)10(16)5-9(13)14(19)8-4-7(15)2-3-11(8)17/h2-6H,1H3. The third-order valence-electron chi connectivity index (χ3n) is 2.66. The maximum atomic E-state index is 13.8. The number of hydrogen-bond donors (Lipinski definition) is 0. The molecule has 2 aromatic rings. The molecule has 0 saturated heterocycles. The molecule has 2 aromatic carbocycles. The van der Waals surface area contributed by atoms with E-state index in [0.29, 0.717) is 4.47 Å². The van der Waals surface area contributed by atoms with Gasteiger partial charge in [0.1, 0.15) is 17.4 Å². The van der Waals surface area contributed by atoms with Gasteiger partial charge in [0.15, 0.2) is 5.78 Å². The highest BCUT2D eigenvalue weighted by Crippen LogP contribution is 2.29. The van der Waals surface area contributed by atoms with Gasteiger partial charge in [-0.25, -0.2) is 8.78 Å². The zero-order chi connectivity index (χ0) is 14.9. The van der Waals surface area contributed by atoms with Crippen molar-refractivity contribution in [1.29, 1.82) is 0 Å². The van der Waals surface area contributed by atoms with Crippen LogP contribution in [-0.2, 0) is 0 Å². The lowest BCUT2D eigenvalue weighted by Gasteiger charge is -2.10. The van der Waals surface area contributed by atoms with Gasteiger partial charge in [0.25, 0.3) is 0 Å². The molecular weight excluding hydrogens is 398 g/mol. The average molecular weight is 406 g/mol. The minimum Gasteiger partial charge on any atom is -0.496 e. The van der Waals surface area contributed by atoms with E-state index >= 15 is 0 Å². The second kappa shape index (κ2) is 6.01. The number of carbonyl (C=O) groups excluding carboxylic acids is 1. The van der Waals surface area contributed by atoms with Crippen molar-refractivity contribution in [2.75, 3.05) is 7.11 Å². The highest BCUT2D eigenvalue weighted by Gasteiger charge is 2.20. The zero-order valence-corrected chi connectivity index (χ0v) is 13.4. The maximum Gasteiger partial charge on any atom is 0.199 e. The van der Waals surface area contributed by atoms with Crippen LogP contribution in [-0.4, -0.2) is 12.9 Å². The van der Waals surface area contributed by atoms with Gasteiger partial charge in [0.2, 0.25) is 0 Å². The topological polar surface area (TPSA) is 26.3 Å². The molecule has 0 atom stereocenters. The zero-order valence-electron chi connectivity index (χ0n) is 10.2. The third-order valence-corrected chi connectivity index (χ3v) is 3.76. The van der Waals surface area contributed by atoms with Gasteiger partial charge in [-0.1, -0.05) is 15.9 Å². The van der Waals surface area contributed by atoms with E-state index < -0.39 is 17.4 Å². The van der Waals surface area contributed by atoms with Crippen molar-refractivity contribution in [3.05, 3.63) is 62.0 Å². The molecule has 0 spiro atoms. The molecule has 0 aliphatic carbocycles. The number of carbonyl (C=O) groups is 1. The van der Waals surface area contributed by atoms with Crippen molar-refractivity contribution in [2.24, 2.45) is 0 Å². The molecule has 0 N–H and O–H groups in total. The fraction of sp³-hybridized carbons (Fsp3) is 0.0714. The Hall–Kier alpha value is -1.27. The lowest BCUT2D eigenvalue weighted by atomic mass is 10.0. The molecular formula is C14H8Br2F2O2. The molecule has 0 fully saturated rings. The predicted octanol–water partition coefficient (Wildman–Crippen LogP) is 4.73. The molecule has 2 rings (SSSR count). The minimum atomic E-state index is -0.652. The summed E-state index contributed by atoms with van der Waals surface area (Å²) in [5, 5.41) is 0. The first kappa shape index (κ1) is 15.1. The van der Waals surface area contributed by atoms with Crippen LogP contribution in [0, 0.1) is 11.6 Å². The first-order valence-corrected chi connectivity index (χ1v) is 7.05. The summed E-state index contributed by atoms with van der Waals surface area (Å²) in [7, 11) is 1.32. The van der Waals surface area contributed by atoms with Crippen LogP contribution < -0.4 is 4.74 Å². The lowest BCUT2D eigenvalue weighted by Crippen LogP contribution is -2.07. The molecule has 0 bridgehead atoms. The number of ether oxygens (including phenoxy) is 1. The molecule has 0 unspecified atom stereocenters. The maximum absolute atomic E-state index is 13.8. The largest absolute Gasteiger partial charge is 0.496 e. The summed E-state index contributed by atoms with van der Waals surface area (Å²) in [4.78, 5) is 12.4. The van der Waals surface area contributed by atoms with Crippen molar-refractivity contribution in [3.63, 3.8) is 0 Å². The summed E-state index contributed by atoms with van der Waals surface area (Å²) < 4.78 is 32.8. The Morgan fingerprint density at radius 2 is 1.75 bits per heavy atom. The molecule has 0 aliphatic rings. The summed E-state index contributed by atoms with van der Waals surface area (Å²) >= 11 is 6.18. The van der Waals surface area contributed by atoms with E-state index in [2.05, 4.69) is 31.9 Å². The van der Waals surface area contributed by atoms with Crippen molar-refractivity contribution in [1.82, 2.24) is 0 Å². The summed E-state index contributed by atoms with van der Waals surface area (Å²) in [5.74, 6) is -1.75. The van der Waals surface area contributed by atoms with Crippen LogP contribution in [0.25, 0.3) is 0 Å². The molecule has 0 aromatic heterocycles. The summed E-state index contributed by atoms with van der Waals surface area (Å²) in [5.41, 5.74) is -0.0334. The van der Waals surface area contributed by atoms with Gasteiger partial charge >= 0.3 is 0 Å². The number of hydrogen-bond acceptors (Lipinski definition) is 2. The van der Waals surface area contributed by atoms with Crippen LogP contribution in [0.2, 0.25) is 0 Å². The number of halogens is 4. The Morgan fingerprint density at radius 3 is 2.40 bits per heavy atom. The van der Waals surface area contributed by atoms with Gasteiger partial charge in [0.05, 0.1) is 22.7 Å². The van der Waals surface area contributed by atoms with Gasteiger partial charge in [-0.3, -0.25) is 4.79 Å². The van der Waals surface area contributed by atoms with E-state index in [1.165, 1.54) is 31.4 Å². The average Bonchev–Trinajstić information content (AvgIpc) is 2.43. The Bertz CT molecular complexity index is 687. The fourth-order valence-corrected chi connectivity index (χ4v) is 2.40. The van der Waals surface area contributed by atoms with Crippen LogP contribution >= 0.6 is 31.9 Å². The first-order valence-electron chi connectivity index (χ1n) is 5.47.